The number of ether oxygens (including phenoxy) is 3. The molecule has 5 atom stereocenters. The molecule has 240 valence electrons. The van der Waals surface area contributed by atoms with Gasteiger partial charge in [-0.25, -0.2) is 13.2 Å². The van der Waals surface area contributed by atoms with Crippen LogP contribution >= 0.6 is 11.6 Å². The van der Waals surface area contributed by atoms with Crippen molar-refractivity contribution in [3.63, 3.8) is 0 Å². The molecule has 1 N–H and O–H groups in total. The van der Waals surface area contributed by atoms with Gasteiger partial charge < -0.3 is 24.2 Å². The Hall–Kier alpha value is -3.63. The van der Waals surface area contributed by atoms with E-state index in [-0.39, 0.29) is 22.4 Å². The van der Waals surface area contributed by atoms with E-state index in [1.54, 1.807) is 43.5 Å². The number of halogens is 1. The van der Waals surface area contributed by atoms with Crippen LogP contribution in [0.4, 0.5) is 0 Å². The molecule has 2 fully saturated rings. The highest BCUT2D eigenvalue weighted by Crippen LogP contribution is 2.62. The normalized spacial score (nSPS) is 28.4. The number of likely N-dealkylation sites (tertiary alicyclic amines) is 1. The molecule has 8 nitrogen and oxygen atoms in total. The van der Waals surface area contributed by atoms with Crippen LogP contribution in [0, 0.1) is 5.92 Å². The summed E-state index contributed by atoms with van der Waals surface area (Å²) in [7, 11) is 0.637. The van der Waals surface area contributed by atoms with Crippen molar-refractivity contribution in [2.24, 2.45) is 5.92 Å². The van der Waals surface area contributed by atoms with E-state index in [0.29, 0.717) is 35.6 Å². The van der Waals surface area contributed by atoms with E-state index in [1.165, 1.54) is 11.1 Å². The van der Waals surface area contributed by atoms with Crippen molar-refractivity contribution in [1.29, 1.82) is 0 Å². The Morgan fingerprint density at radius 2 is 1.74 bits per heavy atom. The molecule has 3 aromatic carbocycles. The molecule has 3 aromatic rings. The summed E-state index contributed by atoms with van der Waals surface area (Å²) in [4.78, 5) is 14.8. The summed E-state index contributed by atoms with van der Waals surface area (Å²) in [6.45, 7) is 1.41. The van der Waals surface area contributed by atoms with Gasteiger partial charge in [0.15, 0.2) is 21.3 Å². The van der Waals surface area contributed by atoms with E-state index < -0.39 is 15.9 Å². The zero-order valence-corrected chi connectivity index (χ0v) is 27.5. The van der Waals surface area contributed by atoms with Gasteiger partial charge >= 0.3 is 5.97 Å². The maximum atomic E-state index is 12.1. The molecule has 46 heavy (non-hydrogen) atoms. The highest BCUT2D eigenvalue weighted by molar-refractivity contribution is 7.90. The van der Waals surface area contributed by atoms with E-state index in [0.717, 1.165) is 53.8 Å². The third-order valence-corrected chi connectivity index (χ3v) is 11.6. The quantitative estimate of drug-likeness (QED) is 0.237. The number of benzene rings is 3. The van der Waals surface area contributed by atoms with Crippen molar-refractivity contribution in [3.8, 4) is 11.5 Å². The summed E-state index contributed by atoms with van der Waals surface area (Å²) in [6, 6.07) is 18.4. The molecule has 0 amide bonds. The number of esters is 1. The first-order chi connectivity index (χ1) is 22.0. The van der Waals surface area contributed by atoms with Crippen LogP contribution in [0.5, 0.6) is 11.5 Å². The van der Waals surface area contributed by atoms with Gasteiger partial charge in [-0.1, -0.05) is 54.1 Å². The fourth-order valence-corrected chi connectivity index (χ4v) is 8.81. The first-order valence-corrected chi connectivity index (χ1v) is 17.7. The number of likely N-dealkylation sites (N-methyl/N-ethyl adjacent to an activating group) is 1. The Labute approximate surface area is 274 Å². The highest BCUT2D eigenvalue weighted by atomic mass is 35.5. The molecule has 2 bridgehead atoms. The van der Waals surface area contributed by atoms with Gasteiger partial charge in [-0.05, 0) is 79.0 Å². The number of carbonyl (C=O) groups is 1. The number of sulfone groups is 1. The minimum atomic E-state index is -3.27. The average Bonchev–Trinajstić information content (AvgIpc) is 3.62. The molecule has 5 aliphatic rings. The lowest BCUT2D eigenvalue weighted by molar-refractivity contribution is -0.135. The van der Waals surface area contributed by atoms with E-state index in [2.05, 4.69) is 24.1 Å². The van der Waals surface area contributed by atoms with Crippen LogP contribution in [-0.2, 0) is 31.2 Å². The molecule has 1 spiro atoms. The number of aliphatic hydroxyl groups is 1. The number of nitrogens with zero attached hydrogens (tertiary/aromatic N) is 1. The average molecular weight is 662 g/mol. The number of aliphatic hydroxyl groups excluding tert-OH is 1. The standard InChI is InChI=1S/C18H15ClO4S.C18H21NO3/c1-24(21,22)15-8-4-13(5-9-15)17(16-10-11-23-18(16)20)12-2-6-14(19)7-3-12;1-19-8-7-18-11-4-5-13(20)17(18)22-16-14(21-2)6-3-10(15(16)18)9-12(11)19/h2-9H,10-11H2,1H3;3-6,11-13,17,20H,7-9H2,1-2H3/b17-16+;/t;11-,12+,13-,17-,18-/m.0/s1. The largest absolute Gasteiger partial charge is 0.493 e. The minimum absolute atomic E-state index is 0.0806. The SMILES string of the molecule is COc1ccc2c3c1O[C@H]1[C@@H](O)C=C[C@H]4[C@@H](C2)N(C)CC[C@@]341.CS(=O)(=O)c1ccc(/C(=C2\CCOC2=O)c2ccc(Cl)cc2)cc1. The molecule has 3 aliphatic heterocycles. The van der Waals surface area contributed by atoms with Gasteiger partial charge in [-0.2, -0.15) is 0 Å². The summed E-state index contributed by atoms with van der Waals surface area (Å²) >= 11 is 5.95. The van der Waals surface area contributed by atoms with Crippen molar-refractivity contribution < 1.29 is 32.5 Å². The molecule has 10 heteroatoms. The summed E-state index contributed by atoms with van der Waals surface area (Å²) < 4.78 is 40.2. The predicted octanol–water partition coefficient (Wildman–Crippen LogP) is 4.99. The molecule has 2 saturated heterocycles. The Morgan fingerprint density at radius 1 is 1.04 bits per heavy atom. The highest BCUT2D eigenvalue weighted by Gasteiger charge is 2.64. The van der Waals surface area contributed by atoms with Crippen LogP contribution in [0.25, 0.3) is 5.57 Å². The van der Waals surface area contributed by atoms with Crippen molar-refractivity contribution in [3.05, 3.63) is 106 Å². The van der Waals surface area contributed by atoms with Crippen LogP contribution in [0.15, 0.2) is 83.3 Å². The fourth-order valence-electron chi connectivity index (χ4n) is 8.05. The van der Waals surface area contributed by atoms with Gasteiger partial charge in [0, 0.05) is 46.2 Å². The van der Waals surface area contributed by atoms with Gasteiger partial charge in [0.1, 0.15) is 12.2 Å². The molecule has 0 saturated carbocycles. The van der Waals surface area contributed by atoms with E-state index in [4.69, 9.17) is 25.8 Å². The number of piperidine rings is 1. The van der Waals surface area contributed by atoms with E-state index in [9.17, 15) is 18.3 Å². The Balaban J connectivity index is 0.000000147. The van der Waals surface area contributed by atoms with Crippen LogP contribution in [0.3, 0.4) is 0 Å². The first kappa shape index (κ1) is 31.0. The lowest BCUT2D eigenvalue weighted by atomic mass is 9.53. The lowest BCUT2D eigenvalue weighted by Crippen LogP contribution is -2.64. The second-order valence-electron chi connectivity index (χ2n) is 12.7. The number of methoxy groups -OCH3 is 1. The zero-order chi connectivity index (χ0) is 32.4. The maximum Gasteiger partial charge on any atom is 0.334 e. The third-order valence-electron chi connectivity index (χ3n) is 10.2. The van der Waals surface area contributed by atoms with Crippen LogP contribution in [-0.4, -0.2) is 76.2 Å². The Bertz CT molecular complexity index is 1870. The van der Waals surface area contributed by atoms with Gasteiger partial charge in [-0.3, -0.25) is 0 Å². The van der Waals surface area contributed by atoms with Gasteiger partial charge in [0.05, 0.1) is 18.6 Å². The van der Waals surface area contributed by atoms with Crippen LogP contribution in [0.2, 0.25) is 5.02 Å². The summed E-state index contributed by atoms with van der Waals surface area (Å²) in [5.74, 6) is 1.75. The third kappa shape index (κ3) is 4.96. The smallest absolute Gasteiger partial charge is 0.334 e. The van der Waals surface area contributed by atoms with Crippen molar-refractivity contribution in [1.82, 2.24) is 4.90 Å². The van der Waals surface area contributed by atoms with E-state index in [1.807, 2.05) is 24.3 Å². The molecular formula is C36H36ClNO7S. The van der Waals surface area contributed by atoms with Gasteiger partial charge in [-0.15, -0.1) is 0 Å². The molecule has 2 aliphatic carbocycles. The number of hydrogen-bond donors (Lipinski definition) is 1. The summed E-state index contributed by atoms with van der Waals surface area (Å²) in [6.07, 6.45) is 7.22. The predicted molar refractivity (Wildman–Crippen MR) is 175 cm³/mol. The minimum Gasteiger partial charge on any atom is -0.493 e. The number of cyclic esters (lactones) is 1. The van der Waals surface area contributed by atoms with Crippen molar-refractivity contribution >= 4 is 33.0 Å². The summed E-state index contributed by atoms with van der Waals surface area (Å²) in [5.41, 5.74) is 5.53. The Kier molecular flexibility index (Phi) is 7.79. The van der Waals surface area contributed by atoms with Gasteiger partial charge in [0.25, 0.3) is 0 Å². The first-order valence-electron chi connectivity index (χ1n) is 15.4. The fraction of sp³-hybridized carbons (Fsp3) is 0.361. The number of carbonyl (C=O) groups excluding carboxylic acids is 1. The number of hydrogen-bond acceptors (Lipinski definition) is 8. The second-order valence-corrected chi connectivity index (χ2v) is 15.1. The topological polar surface area (TPSA) is 102 Å². The molecular weight excluding hydrogens is 626 g/mol. The number of rotatable bonds is 4. The van der Waals surface area contributed by atoms with E-state index >= 15 is 0 Å². The molecule has 0 radical (unpaired) electrons. The van der Waals surface area contributed by atoms with Crippen LogP contribution < -0.4 is 9.47 Å². The zero-order valence-electron chi connectivity index (χ0n) is 25.9. The van der Waals surface area contributed by atoms with Crippen LogP contribution in [0.1, 0.15) is 35.1 Å². The second kappa shape index (κ2) is 11.6. The maximum absolute atomic E-state index is 12.1. The molecule has 0 unspecified atom stereocenters. The molecule has 0 aromatic heterocycles. The monoisotopic (exact) mass is 661 g/mol. The van der Waals surface area contributed by atoms with Gasteiger partial charge in [0.2, 0.25) is 0 Å². The molecule has 8 rings (SSSR count). The van der Waals surface area contributed by atoms with Crippen molar-refractivity contribution in [2.45, 2.75) is 47.8 Å². The molecule has 3 heterocycles. The lowest BCUT2D eigenvalue weighted by Gasteiger charge is -2.56. The Morgan fingerprint density at radius 3 is 2.37 bits per heavy atom. The summed E-state index contributed by atoms with van der Waals surface area (Å²) in [5, 5.41) is 11.2. The van der Waals surface area contributed by atoms with Crippen molar-refractivity contribution in [2.75, 3.05) is 33.6 Å².